The van der Waals surface area contributed by atoms with Crippen molar-refractivity contribution in [2.75, 3.05) is 18.8 Å². The zero-order valence-corrected chi connectivity index (χ0v) is 16.5. The molecule has 1 aliphatic heterocycles. The Kier molecular flexibility index (Phi) is 6.13. The van der Waals surface area contributed by atoms with Gasteiger partial charge in [0.2, 0.25) is 11.6 Å². The Morgan fingerprint density at radius 3 is 2.48 bits per heavy atom. The first-order valence-corrected chi connectivity index (χ1v) is 10.3. The van der Waals surface area contributed by atoms with Crippen LogP contribution in [0.5, 0.6) is 0 Å². The number of hydrogen-bond donors (Lipinski definition) is 2. The Morgan fingerprint density at radius 2 is 1.79 bits per heavy atom. The maximum atomic E-state index is 13.1. The molecule has 2 aliphatic rings. The summed E-state index contributed by atoms with van der Waals surface area (Å²) in [6.07, 6.45) is 9.98. The molecule has 11 heteroatoms. The predicted octanol–water partition coefficient (Wildman–Crippen LogP) is 1.66. The Balaban J connectivity index is 1.59. The highest BCUT2D eigenvalue weighted by Gasteiger charge is 2.26. The summed E-state index contributed by atoms with van der Waals surface area (Å²) in [5, 5.41) is 20.1. The second-order valence-corrected chi connectivity index (χ2v) is 7.64. The number of rotatable bonds is 5. The normalized spacial score (nSPS) is 18.4. The molecule has 2 aromatic heterocycles. The van der Waals surface area contributed by atoms with Crippen molar-refractivity contribution in [1.29, 1.82) is 0 Å². The summed E-state index contributed by atoms with van der Waals surface area (Å²) in [5.74, 6) is -0.195. The van der Waals surface area contributed by atoms with Gasteiger partial charge in [-0.25, -0.2) is 10.1 Å². The highest BCUT2D eigenvalue weighted by Crippen LogP contribution is 2.19. The number of carbonyl (C=O) groups excluding carboxylic acids is 1. The van der Waals surface area contributed by atoms with Gasteiger partial charge in [0.25, 0.3) is 5.91 Å². The van der Waals surface area contributed by atoms with Gasteiger partial charge in [-0.05, 0) is 61.9 Å². The molecule has 1 aliphatic carbocycles. The van der Waals surface area contributed by atoms with Crippen LogP contribution in [0.2, 0.25) is 0 Å². The number of nitrogens with one attached hydrogen (secondary N) is 1. The van der Waals surface area contributed by atoms with Crippen LogP contribution in [0.1, 0.15) is 74.0 Å². The number of nitrogen functional groups attached to an aromatic ring is 1. The Hall–Kier alpha value is -2.82. The van der Waals surface area contributed by atoms with Crippen molar-refractivity contribution >= 4 is 17.4 Å². The van der Waals surface area contributed by atoms with Crippen molar-refractivity contribution in [3.63, 3.8) is 0 Å². The van der Waals surface area contributed by atoms with Crippen molar-refractivity contribution in [2.24, 2.45) is 5.10 Å². The zero-order valence-electron chi connectivity index (χ0n) is 16.5. The average molecular weight is 401 g/mol. The van der Waals surface area contributed by atoms with Crippen molar-refractivity contribution in [3.8, 4) is 5.82 Å². The van der Waals surface area contributed by atoms with Crippen LogP contribution in [0.25, 0.3) is 5.82 Å². The lowest BCUT2D eigenvalue weighted by atomic mass is 10.1. The molecule has 29 heavy (non-hydrogen) atoms. The summed E-state index contributed by atoms with van der Waals surface area (Å²) in [4.78, 5) is 15.3. The van der Waals surface area contributed by atoms with Crippen molar-refractivity contribution in [2.45, 2.75) is 64.3 Å². The molecule has 1 saturated carbocycles. The molecule has 1 amide bonds. The van der Waals surface area contributed by atoms with E-state index in [-0.39, 0.29) is 23.2 Å². The Labute approximate surface area is 168 Å². The molecule has 4 rings (SSSR count). The molecular weight excluding hydrogens is 374 g/mol. The van der Waals surface area contributed by atoms with E-state index in [2.05, 4.69) is 40.7 Å². The lowest BCUT2D eigenvalue weighted by molar-refractivity contribution is 0.0944. The number of carbonyl (C=O) groups is 1. The molecule has 3 N–H and O–H groups in total. The molecule has 156 valence electrons. The summed E-state index contributed by atoms with van der Waals surface area (Å²) in [5.41, 5.74) is 10.4. The lowest BCUT2D eigenvalue weighted by Crippen LogP contribution is -2.31. The van der Waals surface area contributed by atoms with E-state index in [1.54, 1.807) is 0 Å². The van der Waals surface area contributed by atoms with Gasteiger partial charge in [0.05, 0.1) is 0 Å². The maximum absolute atomic E-state index is 13.1. The fourth-order valence-corrected chi connectivity index (χ4v) is 3.89. The maximum Gasteiger partial charge on any atom is 0.292 e. The molecule has 0 bridgehead atoms. The van der Waals surface area contributed by atoms with Gasteiger partial charge in [0.1, 0.15) is 5.69 Å². The van der Waals surface area contributed by atoms with Crippen LogP contribution in [-0.2, 0) is 6.54 Å². The van der Waals surface area contributed by atoms with Gasteiger partial charge < -0.3 is 5.73 Å². The van der Waals surface area contributed by atoms with Crippen molar-refractivity contribution in [3.05, 3.63) is 11.4 Å². The van der Waals surface area contributed by atoms with E-state index in [1.165, 1.54) is 23.9 Å². The quantitative estimate of drug-likeness (QED) is 0.569. The van der Waals surface area contributed by atoms with E-state index in [1.807, 2.05) is 0 Å². The van der Waals surface area contributed by atoms with Crippen LogP contribution in [-0.4, -0.2) is 54.9 Å². The van der Waals surface area contributed by atoms with Crippen LogP contribution in [0.15, 0.2) is 9.73 Å². The molecule has 2 aromatic rings. The number of amides is 1. The topological polar surface area (TPSA) is 140 Å². The van der Waals surface area contributed by atoms with Crippen LogP contribution in [0, 0.1) is 0 Å². The largest absolute Gasteiger partial charge is 0.378 e. The summed E-state index contributed by atoms with van der Waals surface area (Å²) >= 11 is 0. The third-order valence-corrected chi connectivity index (χ3v) is 5.47. The van der Waals surface area contributed by atoms with E-state index in [9.17, 15) is 4.79 Å². The first-order valence-electron chi connectivity index (χ1n) is 10.3. The molecule has 0 atom stereocenters. The first kappa shape index (κ1) is 19.5. The number of nitrogens with zero attached hydrogens (tertiary/aromatic N) is 7. The monoisotopic (exact) mass is 401 g/mol. The third-order valence-electron chi connectivity index (χ3n) is 5.47. The number of nitrogens with two attached hydrogens (primary N) is 1. The smallest absolute Gasteiger partial charge is 0.292 e. The second-order valence-electron chi connectivity index (χ2n) is 7.64. The molecule has 2 fully saturated rings. The van der Waals surface area contributed by atoms with Gasteiger partial charge in [0, 0.05) is 12.3 Å². The van der Waals surface area contributed by atoms with Gasteiger partial charge in [0.15, 0.2) is 5.69 Å². The van der Waals surface area contributed by atoms with Crippen LogP contribution in [0.3, 0.4) is 0 Å². The number of anilines is 1. The Morgan fingerprint density at radius 1 is 1.07 bits per heavy atom. The first-order chi connectivity index (χ1) is 14.2. The minimum Gasteiger partial charge on any atom is -0.378 e. The molecular formula is C18H27N9O2. The van der Waals surface area contributed by atoms with Crippen molar-refractivity contribution in [1.82, 2.24) is 35.6 Å². The minimum absolute atomic E-state index is 0.0450. The molecule has 0 spiro atoms. The average Bonchev–Trinajstić information content (AvgIpc) is 3.24. The summed E-state index contributed by atoms with van der Waals surface area (Å²) < 4.78 is 5.96. The summed E-state index contributed by atoms with van der Waals surface area (Å²) in [7, 11) is 0. The summed E-state index contributed by atoms with van der Waals surface area (Å²) in [6.45, 7) is 2.48. The van der Waals surface area contributed by atoms with Crippen LogP contribution in [0.4, 0.5) is 5.82 Å². The van der Waals surface area contributed by atoms with Gasteiger partial charge in [-0.2, -0.15) is 9.78 Å². The number of likely N-dealkylation sites (tertiary alicyclic amines) is 1. The van der Waals surface area contributed by atoms with Crippen LogP contribution >= 0.6 is 0 Å². The standard InChI is InChI=1S/C18H27N9O2/c19-16-17(24-29-23-16)27-15(14(21-25-27)12-26-10-6-3-7-11-26)18(28)22-20-13-8-4-1-2-5-9-13/h1-12H2,(H2,19,23)(H,22,28). The SMILES string of the molecule is Nc1nonc1-n1nnc(CN2CCCCC2)c1C(=O)NN=C1CCCCCC1. The van der Waals surface area contributed by atoms with Gasteiger partial charge in [-0.15, -0.1) is 5.10 Å². The molecule has 3 heterocycles. The fourth-order valence-electron chi connectivity index (χ4n) is 3.89. The predicted molar refractivity (Wildman–Crippen MR) is 105 cm³/mol. The lowest BCUT2D eigenvalue weighted by Gasteiger charge is -2.25. The van der Waals surface area contributed by atoms with Gasteiger partial charge in [-0.1, -0.05) is 24.5 Å². The second kappa shape index (κ2) is 9.12. The van der Waals surface area contributed by atoms with Gasteiger partial charge >= 0.3 is 0 Å². The zero-order chi connectivity index (χ0) is 20.1. The number of aromatic nitrogens is 5. The molecule has 0 unspecified atom stereocenters. The van der Waals surface area contributed by atoms with E-state index >= 15 is 0 Å². The van der Waals surface area contributed by atoms with Gasteiger partial charge in [-0.3, -0.25) is 9.69 Å². The molecule has 11 nitrogen and oxygen atoms in total. The highest BCUT2D eigenvalue weighted by molar-refractivity contribution is 5.95. The number of piperidine rings is 1. The van der Waals surface area contributed by atoms with Crippen molar-refractivity contribution < 1.29 is 9.42 Å². The highest BCUT2D eigenvalue weighted by atomic mass is 16.6. The number of hydrazone groups is 1. The summed E-state index contributed by atoms with van der Waals surface area (Å²) in [6, 6.07) is 0. The third kappa shape index (κ3) is 4.61. The Bertz CT molecular complexity index is 857. The molecule has 0 radical (unpaired) electrons. The van der Waals surface area contributed by atoms with E-state index in [4.69, 9.17) is 5.73 Å². The van der Waals surface area contributed by atoms with E-state index in [0.717, 1.165) is 57.3 Å². The fraction of sp³-hybridized carbons (Fsp3) is 0.667. The minimum atomic E-state index is -0.388. The molecule has 1 saturated heterocycles. The van der Waals surface area contributed by atoms with Crippen LogP contribution < -0.4 is 11.2 Å². The number of hydrogen-bond acceptors (Lipinski definition) is 9. The van der Waals surface area contributed by atoms with E-state index in [0.29, 0.717) is 12.2 Å². The molecule has 0 aromatic carbocycles. The van der Waals surface area contributed by atoms with E-state index < -0.39 is 0 Å².